The molecule has 4 nitrogen and oxygen atoms in total. The Morgan fingerprint density at radius 3 is 2.59 bits per heavy atom. The van der Waals surface area contributed by atoms with Crippen molar-refractivity contribution in [3.05, 3.63) is 16.1 Å². The van der Waals surface area contributed by atoms with E-state index in [-0.39, 0.29) is 24.0 Å². The fraction of sp³-hybridized carbons (Fsp3) is 0.750. The fourth-order valence-corrected chi connectivity index (χ4v) is 3.46. The fourth-order valence-electron chi connectivity index (χ4n) is 2.68. The van der Waals surface area contributed by atoms with E-state index in [1.807, 2.05) is 6.20 Å². The lowest BCUT2D eigenvalue weighted by molar-refractivity contribution is 0.131. The van der Waals surface area contributed by atoms with E-state index in [9.17, 15) is 0 Å². The van der Waals surface area contributed by atoms with Gasteiger partial charge in [-0.05, 0) is 38.0 Å². The van der Waals surface area contributed by atoms with Crippen LogP contribution in [-0.4, -0.2) is 24.0 Å². The third kappa shape index (κ3) is 5.37. The maximum Gasteiger partial charge on any atom is 0.191 e. The molecule has 1 aromatic heterocycles. The van der Waals surface area contributed by atoms with Gasteiger partial charge in [-0.15, -0.1) is 35.3 Å². The average Bonchev–Trinajstić information content (AvgIpc) is 2.92. The predicted octanol–water partition coefficient (Wildman–Crippen LogP) is 3.96. The molecule has 126 valence electrons. The summed E-state index contributed by atoms with van der Waals surface area (Å²) in [7, 11) is 0. The van der Waals surface area contributed by atoms with Crippen LogP contribution < -0.4 is 10.6 Å². The highest BCUT2D eigenvalue weighted by atomic mass is 127. The molecule has 0 bridgehead atoms. The van der Waals surface area contributed by atoms with Crippen LogP contribution in [0.1, 0.15) is 56.3 Å². The lowest BCUT2D eigenvalue weighted by atomic mass is 9.67. The minimum absolute atomic E-state index is 0. The molecule has 0 saturated heterocycles. The van der Waals surface area contributed by atoms with Crippen molar-refractivity contribution in [2.45, 2.75) is 59.4 Å². The molecule has 1 aliphatic carbocycles. The summed E-state index contributed by atoms with van der Waals surface area (Å²) in [4.78, 5) is 10.4. The van der Waals surface area contributed by atoms with Crippen LogP contribution in [-0.2, 0) is 13.0 Å². The normalized spacial score (nSPS) is 16.6. The number of hydrogen-bond acceptors (Lipinski definition) is 3. The Morgan fingerprint density at radius 2 is 2.09 bits per heavy atom. The molecule has 0 radical (unpaired) electrons. The molecule has 0 amide bonds. The Bertz CT molecular complexity index is 463. The molecule has 2 N–H and O–H groups in total. The van der Waals surface area contributed by atoms with Gasteiger partial charge in [-0.2, -0.15) is 0 Å². The van der Waals surface area contributed by atoms with Gasteiger partial charge in [-0.25, -0.2) is 9.98 Å². The van der Waals surface area contributed by atoms with Crippen LogP contribution in [0.2, 0.25) is 0 Å². The van der Waals surface area contributed by atoms with Crippen molar-refractivity contribution in [2.75, 3.05) is 13.1 Å². The number of aliphatic imine (C=N–C) groups is 1. The summed E-state index contributed by atoms with van der Waals surface area (Å²) in [6.45, 7) is 9.16. The summed E-state index contributed by atoms with van der Waals surface area (Å²) in [6, 6.07) is 0. The summed E-state index contributed by atoms with van der Waals surface area (Å²) in [5.41, 5.74) is 0.507. The quantitative estimate of drug-likeness (QED) is 0.387. The molecule has 0 unspecified atom stereocenters. The van der Waals surface area contributed by atoms with Gasteiger partial charge in [-0.3, -0.25) is 0 Å². The number of nitrogens with zero attached hydrogens (tertiary/aromatic N) is 2. The van der Waals surface area contributed by atoms with Crippen molar-refractivity contribution in [3.8, 4) is 0 Å². The first-order valence-corrected chi connectivity index (χ1v) is 8.98. The number of nitrogens with one attached hydrogen (secondary N) is 2. The van der Waals surface area contributed by atoms with Crippen molar-refractivity contribution in [1.29, 1.82) is 0 Å². The number of aromatic nitrogens is 1. The zero-order valence-corrected chi connectivity index (χ0v) is 17.1. The van der Waals surface area contributed by atoms with Crippen molar-refractivity contribution in [1.82, 2.24) is 15.6 Å². The summed E-state index contributed by atoms with van der Waals surface area (Å²) >= 11 is 1.76. The van der Waals surface area contributed by atoms with Gasteiger partial charge in [0.05, 0.1) is 6.54 Å². The van der Waals surface area contributed by atoms with Gasteiger partial charge in [0.25, 0.3) is 0 Å². The Morgan fingerprint density at radius 1 is 1.32 bits per heavy atom. The lowest BCUT2D eigenvalue weighted by Gasteiger charge is -2.41. The highest BCUT2D eigenvalue weighted by Gasteiger charge is 2.34. The molecule has 6 heteroatoms. The molecule has 0 aromatic carbocycles. The van der Waals surface area contributed by atoms with Crippen LogP contribution in [0.4, 0.5) is 0 Å². The SMILES string of the molecule is CCNC(=NCc1ncc(CC)s1)NCC1(CC)CCC1.I. The number of halogens is 1. The van der Waals surface area contributed by atoms with Gasteiger partial charge in [0, 0.05) is 24.2 Å². The second kappa shape index (κ2) is 9.70. The Hall–Kier alpha value is -0.370. The molecular formula is C16H29IN4S. The number of hydrogen-bond donors (Lipinski definition) is 2. The molecule has 2 rings (SSSR count). The van der Waals surface area contributed by atoms with Gasteiger partial charge in [0.2, 0.25) is 0 Å². The number of thiazole rings is 1. The monoisotopic (exact) mass is 436 g/mol. The first-order valence-electron chi connectivity index (χ1n) is 8.17. The van der Waals surface area contributed by atoms with E-state index in [1.165, 1.54) is 30.6 Å². The first kappa shape index (κ1) is 19.7. The van der Waals surface area contributed by atoms with Crippen LogP contribution in [0.15, 0.2) is 11.2 Å². The van der Waals surface area contributed by atoms with Gasteiger partial charge in [0.15, 0.2) is 5.96 Å². The predicted molar refractivity (Wildman–Crippen MR) is 106 cm³/mol. The highest BCUT2D eigenvalue weighted by molar-refractivity contribution is 14.0. The standard InChI is InChI=1S/C16H28N4S.HI/c1-4-13-10-18-14(21-13)11-19-15(17-6-3)20-12-16(5-2)8-7-9-16;/h10H,4-9,11-12H2,1-3H3,(H2,17,19,20);1H. The van der Waals surface area contributed by atoms with Gasteiger partial charge in [0.1, 0.15) is 5.01 Å². The second-order valence-electron chi connectivity index (χ2n) is 5.83. The van der Waals surface area contributed by atoms with Crippen LogP contribution in [0, 0.1) is 5.41 Å². The second-order valence-corrected chi connectivity index (χ2v) is 7.03. The third-order valence-electron chi connectivity index (χ3n) is 4.46. The topological polar surface area (TPSA) is 49.3 Å². The minimum atomic E-state index is 0. The van der Waals surface area contributed by atoms with E-state index in [0.717, 1.165) is 30.5 Å². The molecule has 1 heterocycles. The average molecular weight is 436 g/mol. The first-order chi connectivity index (χ1) is 10.2. The van der Waals surface area contributed by atoms with Crippen molar-refractivity contribution < 1.29 is 0 Å². The molecule has 1 aliphatic rings. The Labute approximate surface area is 155 Å². The Kier molecular flexibility index (Phi) is 8.67. The molecule has 22 heavy (non-hydrogen) atoms. The summed E-state index contributed by atoms with van der Waals surface area (Å²) in [5.74, 6) is 0.922. The van der Waals surface area contributed by atoms with E-state index in [0.29, 0.717) is 12.0 Å². The van der Waals surface area contributed by atoms with Crippen LogP contribution in [0.3, 0.4) is 0 Å². The van der Waals surface area contributed by atoms with Crippen molar-refractivity contribution >= 4 is 41.3 Å². The van der Waals surface area contributed by atoms with Gasteiger partial charge in [-0.1, -0.05) is 20.3 Å². The summed E-state index contributed by atoms with van der Waals surface area (Å²) in [6.07, 6.45) is 8.35. The summed E-state index contributed by atoms with van der Waals surface area (Å²) < 4.78 is 0. The van der Waals surface area contributed by atoms with Crippen LogP contribution >= 0.6 is 35.3 Å². The maximum absolute atomic E-state index is 4.67. The molecule has 0 atom stereocenters. The number of guanidine groups is 1. The molecule has 0 aliphatic heterocycles. The molecular weight excluding hydrogens is 407 g/mol. The van der Waals surface area contributed by atoms with E-state index >= 15 is 0 Å². The number of rotatable bonds is 7. The van der Waals surface area contributed by atoms with E-state index < -0.39 is 0 Å². The van der Waals surface area contributed by atoms with E-state index in [2.05, 4.69) is 41.4 Å². The van der Waals surface area contributed by atoms with E-state index in [4.69, 9.17) is 0 Å². The van der Waals surface area contributed by atoms with Crippen molar-refractivity contribution in [2.24, 2.45) is 10.4 Å². The molecule has 1 fully saturated rings. The number of aryl methyl sites for hydroxylation is 1. The molecule has 1 saturated carbocycles. The highest BCUT2D eigenvalue weighted by Crippen LogP contribution is 2.42. The Balaban J connectivity index is 0.00000242. The minimum Gasteiger partial charge on any atom is -0.357 e. The van der Waals surface area contributed by atoms with Crippen LogP contribution in [0.5, 0.6) is 0 Å². The van der Waals surface area contributed by atoms with Gasteiger partial charge < -0.3 is 10.6 Å². The molecule has 1 aromatic rings. The zero-order chi connectivity index (χ0) is 15.1. The van der Waals surface area contributed by atoms with Crippen LogP contribution in [0.25, 0.3) is 0 Å². The third-order valence-corrected chi connectivity index (χ3v) is 5.59. The lowest BCUT2D eigenvalue weighted by Crippen LogP contribution is -2.46. The maximum atomic E-state index is 4.67. The molecule has 0 spiro atoms. The smallest absolute Gasteiger partial charge is 0.191 e. The largest absolute Gasteiger partial charge is 0.357 e. The summed E-state index contributed by atoms with van der Waals surface area (Å²) in [5, 5.41) is 7.95. The van der Waals surface area contributed by atoms with E-state index in [1.54, 1.807) is 11.3 Å². The zero-order valence-electron chi connectivity index (χ0n) is 13.9. The van der Waals surface area contributed by atoms with Gasteiger partial charge >= 0.3 is 0 Å². The van der Waals surface area contributed by atoms with Crippen molar-refractivity contribution in [3.63, 3.8) is 0 Å².